The van der Waals surface area contributed by atoms with Crippen LogP contribution in [0.5, 0.6) is 0 Å². The van der Waals surface area contributed by atoms with Gasteiger partial charge in [0.05, 0.1) is 6.54 Å². The summed E-state index contributed by atoms with van der Waals surface area (Å²) in [5.41, 5.74) is 2.72. The van der Waals surface area contributed by atoms with Crippen LogP contribution >= 0.6 is 0 Å². The molecule has 1 N–H and O–H groups in total. The van der Waals surface area contributed by atoms with Crippen molar-refractivity contribution in [3.05, 3.63) is 53.9 Å². The molecule has 90 valence electrons. The zero-order valence-electron chi connectivity index (χ0n) is 10.2. The summed E-state index contributed by atoms with van der Waals surface area (Å²) in [4.78, 5) is 11.8. The largest absolute Gasteiger partial charge is 0.341 e. The molecule has 2 aromatic rings. The van der Waals surface area contributed by atoms with Gasteiger partial charge in [-0.05, 0) is 36.8 Å². The average Bonchev–Trinajstić information content (AvgIpc) is 2.90. The number of rotatable bonds is 3. The average molecular weight is 238 g/mol. The third-order valence-corrected chi connectivity index (χ3v) is 2.70. The summed E-state index contributed by atoms with van der Waals surface area (Å²) in [5, 5.41) is 2.66. The number of carbonyl (C=O) groups is 1. The summed E-state index contributed by atoms with van der Waals surface area (Å²) in [7, 11) is 0. The second-order valence-corrected chi connectivity index (χ2v) is 3.98. The number of aryl methyl sites for hydroxylation is 1. The molecule has 3 nitrogen and oxygen atoms in total. The van der Waals surface area contributed by atoms with Crippen LogP contribution in [0.25, 0.3) is 5.69 Å². The van der Waals surface area contributed by atoms with Crippen LogP contribution in [0.2, 0.25) is 0 Å². The molecular formula is C15H14N2O. The summed E-state index contributed by atoms with van der Waals surface area (Å²) in [5.74, 6) is 2.23. The van der Waals surface area contributed by atoms with Gasteiger partial charge < -0.3 is 9.88 Å². The normalized spacial score (nSPS) is 9.78. The van der Waals surface area contributed by atoms with E-state index >= 15 is 0 Å². The van der Waals surface area contributed by atoms with Crippen molar-refractivity contribution in [2.75, 3.05) is 6.54 Å². The maximum absolute atomic E-state index is 11.8. The summed E-state index contributed by atoms with van der Waals surface area (Å²) < 4.78 is 1.98. The fourth-order valence-electron chi connectivity index (χ4n) is 1.76. The van der Waals surface area contributed by atoms with Crippen molar-refractivity contribution in [2.24, 2.45) is 0 Å². The Bertz CT molecular complexity index is 591. The SMILES string of the molecule is C#CCNC(=O)c1ccc(C)c(-n2cccc2)c1. The Morgan fingerprint density at radius 3 is 2.78 bits per heavy atom. The van der Waals surface area contributed by atoms with E-state index in [-0.39, 0.29) is 12.5 Å². The molecule has 1 aromatic heterocycles. The highest BCUT2D eigenvalue weighted by atomic mass is 16.1. The molecule has 0 spiro atoms. The lowest BCUT2D eigenvalue weighted by Gasteiger charge is -2.09. The minimum atomic E-state index is -0.152. The molecule has 0 atom stereocenters. The highest BCUT2D eigenvalue weighted by molar-refractivity contribution is 5.95. The first kappa shape index (κ1) is 12.0. The minimum absolute atomic E-state index is 0.152. The zero-order chi connectivity index (χ0) is 13.0. The predicted molar refractivity (Wildman–Crippen MR) is 71.7 cm³/mol. The standard InChI is InChI=1S/C15H14N2O/c1-3-8-16-15(18)13-7-6-12(2)14(11-13)17-9-4-5-10-17/h1,4-7,9-11H,8H2,2H3,(H,16,18). The second-order valence-electron chi connectivity index (χ2n) is 3.98. The van der Waals surface area contributed by atoms with Crippen LogP contribution < -0.4 is 5.32 Å². The molecule has 1 heterocycles. The predicted octanol–water partition coefficient (Wildman–Crippen LogP) is 2.15. The Morgan fingerprint density at radius 1 is 1.39 bits per heavy atom. The van der Waals surface area contributed by atoms with Crippen LogP contribution in [-0.4, -0.2) is 17.0 Å². The molecule has 18 heavy (non-hydrogen) atoms. The van der Waals surface area contributed by atoms with Crippen molar-refractivity contribution in [3.8, 4) is 18.0 Å². The van der Waals surface area contributed by atoms with E-state index in [1.54, 1.807) is 6.07 Å². The van der Waals surface area contributed by atoms with Crippen molar-refractivity contribution in [1.82, 2.24) is 9.88 Å². The molecule has 2 rings (SSSR count). The highest BCUT2D eigenvalue weighted by Gasteiger charge is 2.07. The lowest BCUT2D eigenvalue weighted by Crippen LogP contribution is -2.23. The number of amides is 1. The van der Waals surface area contributed by atoms with Gasteiger partial charge in [-0.3, -0.25) is 4.79 Å². The Morgan fingerprint density at radius 2 is 2.11 bits per heavy atom. The number of aromatic nitrogens is 1. The summed E-state index contributed by atoms with van der Waals surface area (Å²) >= 11 is 0. The van der Waals surface area contributed by atoms with E-state index in [0.29, 0.717) is 5.56 Å². The van der Waals surface area contributed by atoms with Crippen molar-refractivity contribution in [1.29, 1.82) is 0 Å². The van der Waals surface area contributed by atoms with Gasteiger partial charge in [0, 0.05) is 23.6 Å². The van der Waals surface area contributed by atoms with Gasteiger partial charge in [-0.1, -0.05) is 12.0 Å². The van der Waals surface area contributed by atoms with Crippen molar-refractivity contribution in [3.63, 3.8) is 0 Å². The number of hydrogen-bond acceptors (Lipinski definition) is 1. The molecular weight excluding hydrogens is 224 g/mol. The van der Waals surface area contributed by atoms with E-state index in [0.717, 1.165) is 11.3 Å². The molecule has 0 bridgehead atoms. The molecule has 0 saturated heterocycles. The van der Waals surface area contributed by atoms with E-state index in [9.17, 15) is 4.79 Å². The molecule has 0 aliphatic heterocycles. The Kier molecular flexibility index (Phi) is 3.49. The maximum Gasteiger partial charge on any atom is 0.252 e. The summed E-state index contributed by atoms with van der Waals surface area (Å²) in [6.45, 7) is 2.25. The molecule has 0 radical (unpaired) electrons. The Hall–Kier alpha value is -2.47. The molecule has 0 aliphatic rings. The fourth-order valence-corrected chi connectivity index (χ4v) is 1.76. The lowest BCUT2D eigenvalue weighted by atomic mass is 10.1. The van der Waals surface area contributed by atoms with Crippen LogP contribution in [0.3, 0.4) is 0 Å². The van der Waals surface area contributed by atoms with Gasteiger partial charge >= 0.3 is 0 Å². The molecule has 0 aliphatic carbocycles. The molecule has 0 unspecified atom stereocenters. The van der Waals surface area contributed by atoms with E-state index in [2.05, 4.69) is 11.2 Å². The molecule has 3 heteroatoms. The van der Waals surface area contributed by atoms with Gasteiger partial charge in [0.15, 0.2) is 0 Å². The van der Waals surface area contributed by atoms with Crippen LogP contribution in [0.15, 0.2) is 42.7 Å². The van der Waals surface area contributed by atoms with E-state index < -0.39 is 0 Å². The second kappa shape index (κ2) is 5.24. The van der Waals surface area contributed by atoms with Crippen LogP contribution in [0.4, 0.5) is 0 Å². The smallest absolute Gasteiger partial charge is 0.252 e. The monoisotopic (exact) mass is 238 g/mol. The van der Waals surface area contributed by atoms with Crippen LogP contribution in [0.1, 0.15) is 15.9 Å². The van der Waals surface area contributed by atoms with E-state index in [1.165, 1.54) is 0 Å². The van der Waals surface area contributed by atoms with E-state index in [4.69, 9.17) is 6.42 Å². The summed E-state index contributed by atoms with van der Waals surface area (Å²) in [6.07, 6.45) is 9.02. The highest BCUT2D eigenvalue weighted by Crippen LogP contribution is 2.16. The lowest BCUT2D eigenvalue weighted by molar-refractivity contribution is 0.0958. The van der Waals surface area contributed by atoms with Gasteiger partial charge in [0.25, 0.3) is 5.91 Å². The topological polar surface area (TPSA) is 34.0 Å². The van der Waals surface area contributed by atoms with Gasteiger partial charge in [0.2, 0.25) is 0 Å². The van der Waals surface area contributed by atoms with Gasteiger partial charge in [-0.25, -0.2) is 0 Å². The number of nitrogens with one attached hydrogen (secondary N) is 1. The zero-order valence-corrected chi connectivity index (χ0v) is 10.2. The number of hydrogen-bond donors (Lipinski definition) is 1. The van der Waals surface area contributed by atoms with Gasteiger partial charge in [-0.2, -0.15) is 0 Å². The van der Waals surface area contributed by atoms with Crippen molar-refractivity contribution in [2.45, 2.75) is 6.92 Å². The van der Waals surface area contributed by atoms with Crippen LogP contribution in [0, 0.1) is 19.3 Å². The first-order valence-electron chi connectivity index (χ1n) is 5.68. The molecule has 1 aromatic carbocycles. The summed E-state index contributed by atoms with van der Waals surface area (Å²) in [6, 6.07) is 9.49. The number of nitrogens with zero attached hydrogens (tertiary/aromatic N) is 1. The number of benzene rings is 1. The third kappa shape index (κ3) is 2.44. The Balaban J connectivity index is 2.33. The maximum atomic E-state index is 11.8. The van der Waals surface area contributed by atoms with Crippen molar-refractivity contribution < 1.29 is 4.79 Å². The Labute approximate surface area is 106 Å². The number of carbonyl (C=O) groups excluding carboxylic acids is 1. The van der Waals surface area contributed by atoms with E-state index in [1.807, 2.05) is 48.1 Å². The first-order chi connectivity index (χ1) is 8.72. The third-order valence-electron chi connectivity index (χ3n) is 2.70. The first-order valence-corrected chi connectivity index (χ1v) is 5.68. The molecule has 0 saturated carbocycles. The molecule has 0 fully saturated rings. The quantitative estimate of drug-likeness (QED) is 0.817. The van der Waals surface area contributed by atoms with Crippen LogP contribution in [-0.2, 0) is 0 Å². The minimum Gasteiger partial charge on any atom is -0.341 e. The fraction of sp³-hybridized carbons (Fsp3) is 0.133. The van der Waals surface area contributed by atoms with Gasteiger partial charge in [-0.15, -0.1) is 6.42 Å². The van der Waals surface area contributed by atoms with Crippen molar-refractivity contribution >= 4 is 5.91 Å². The van der Waals surface area contributed by atoms with Gasteiger partial charge in [0.1, 0.15) is 0 Å². The number of terminal acetylenes is 1. The molecule has 1 amide bonds.